The molecule has 0 unspecified atom stereocenters. The van der Waals surface area contributed by atoms with Gasteiger partial charge in [-0.3, -0.25) is 9.69 Å². The Labute approximate surface area is 139 Å². The zero-order valence-electron chi connectivity index (χ0n) is 13.7. The summed E-state index contributed by atoms with van der Waals surface area (Å²) in [4.78, 5) is 26.4. The summed E-state index contributed by atoms with van der Waals surface area (Å²) in [5.41, 5.74) is 0.560. The first-order valence-electron chi connectivity index (χ1n) is 7.56. The second kappa shape index (κ2) is 5.53. The van der Waals surface area contributed by atoms with Gasteiger partial charge in [0.1, 0.15) is 17.1 Å². The van der Waals surface area contributed by atoms with Crippen LogP contribution < -0.4 is 5.32 Å². The fourth-order valence-electron chi connectivity index (χ4n) is 3.09. The first kappa shape index (κ1) is 15.8. The van der Waals surface area contributed by atoms with Gasteiger partial charge in [-0.05, 0) is 38.5 Å². The highest BCUT2D eigenvalue weighted by Crippen LogP contribution is 2.33. The standard InChI is InChI=1S/C18H17N3O3/c1-11-8-15(12(2)24-11)18(3)16(22)21(17(23)20-18)10-14-7-5-4-6-13(14)9-19/h4-8H,10H2,1-3H3,(H,20,23)/t18-/m1/s1. The highest BCUT2D eigenvalue weighted by molar-refractivity contribution is 6.07. The molecule has 1 aliphatic rings. The van der Waals surface area contributed by atoms with Crippen LogP contribution in [0.15, 0.2) is 34.7 Å². The van der Waals surface area contributed by atoms with Crippen molar-refractivity contribution in [3.8, 4) is 6.07 Å². The Balaban J connectivity index is 1.95. The van der Waals surface area contributed by atoms with Crippen molar-refractivity contribution in [1.29, 1.82) is 5.26 Å². The summed E-state index contributed by atoms with van der Waals surface area (Å²) in [6.45, 7) is 5.28. The van der Waals surface area contributed by atoms with Crippen LogP contribution in [-0.2, 0) is 16.9 Å². The van der Waals surface area contributed by atoms with E-state index in [0.717, 1.165) is 4.90 Å². The topological polar surface area (TPSA) is 86.3 Å². The molecule has 1 saturated heterocycles. The number of aryl methyl sites for hydroxylation is 2. The molecule has 1 aliphatic heterocycles. The van der Waals surface area contributed by atoms with Gasteiger partial charge in [0.25, 0.3) is 5.91 Å². The Morgan fingerprint density at radius 2 is 2.00 bits per heavy atom. The number of benzene rings is 1. The Kier molecular flexibility index (Phi) is 3.64. The van der Waals surface area contributed by atoms with Gasteiger partial charge in [-0.1, -0.05) is 18.2 Å². The van der Waals surface area contributed by atoms with E-state index in [4.69, 9.17) is 4.42 Å². The summed E-state index contributed by atoms with van der Waals surface area (Å²) >= 11 is 0. The molecule has 2 aromatic rings. The van der Waals surface area contributed by atoms with E-state index in [1.54, 1.807) is 51.1 Å². The molecule has 6 heteroatoms. The molecular formula is C18H17N3O3. The van der Waals surface area contributed by atoms with E-state index < -0.39 is 11.6 Å². The molecule has 0 radical (unpaired) electrons. The minimum absolute atomic E-state index is 0.0554. The highest BCUT2D eigenvalue weighted by Gasteiger charge is 2.50. The molecule has 0 spiro atoms. The molecule has 3 amide bonds. The molecular weight excluding hydrogens is 306 g/mol. The summed E-state index contributed by atoms with van der Waals surface area (Å²) in [5.74, 6) is 0.922. The van der Waals surface area contributed by atoms with Crippen molar-refractivity contribution < 1.29 is 14.0 Å². The third kappa shape index (κ3) is 2.35. The summed E-state index contributed by atoms with van der Waals surface area (Å²) in [5, 5.41) is 11.9. The number of carbonyl (C=O) groups is 2. The van der Waals surface area contributed by atoms with E-state index in [0.29, 0.717) is 28.2 Å². The Bertz CT molecular complexity index is 878. The largest absolute Gasteiger partial charge is 0.466 e. The van der Waals surface area contributed by atoms with Crippen LogP contribution in [0.3, 0.4) is 0 Å². The van der Waals surface area contributed by atoms with Gasteiger partial charge in [0.15, 0.2) is 0 Å². The van der Waals surface area contributed by atoms with Gasteiger partial charge in [0.05, 0.1) is 18.2 Å². The van der Waals surface area contributed by atoms with Crippen LogP contribution in [0.25, 0.3) is 0 Å². The Morgan fingerprint density at radius 1 is 1.29 bits per heavy atom. The predicted molar refractivity (Wildman–Crippen MR) is 85.8 cm³/mol. The first-order chi connectivity index (χ1) is 11.4. The predicted octanol–water partition coefficient (Wildman–Crippen LogP) is 2.74. The second-order valence-electron chi connectivity index (χ2n) is 6.04. The van der Waals surface area contributed by atoms with Crippen molar-refractivity contribution in [1.82, 2.24) is 10.2 Å². The maximum absolute atomic E-state index is 12.9. The van der Waals surface area contributed by atoms with Gasteiger partial charge in [0.2, 0.25) is 0 Å². The van der Waals surface area contributed by atoms with E-state index in [-0.39, 0.29) is 12.5 Å². The van der Waals surface area contributed by atoms with Crippen molar-refractivity contribution in [2.45, 2.75) is 32.9 Å². The van der Waals surface area contributed by atoms with Gasteiger partial charge >= 0.3 is 6.03 Å². The van der Waals surface area contributed by atoms with E-state index in [2.05, 4.69) is 11.4 Å². The number of furan rings is 1. The quantitative estimate of drug-likeness (QED) is 0.880. The van der Waals surface area contributed by atoms with Crippen molar-refractivity contribution in [2.75, 3.05) is 0 Å². The highest BCUT2D eigenvalue weighted by atomic mass is 16.3. The number of amides is 3. The molecule has 122 valence electrons. The van der Waals surface area contributed by atoms with Gasteiger partial charge in [-0.2, -0.15) is 5.26 Å². The monoisotopic (exact) mass is 323 g/mol. The van der Waals surface area contributed by atoms with Gasteiger partial charge in [0, 0.05) is 5.56 Å². The lowest BCUT2D eigenvalue weighted by Gasteiger charge is -2.21. The molecule has 2 heterocycles. The zero-order valence-corrected chi connectivity index (χ0v) is 13.7. The summed E-state index contributed by atoms with van der Waals surface area (Å²) in [6, 6.07) is 10.3. The molecule has 1 aromatic carbocycles. The summed E-state index contributed by atoms with van der Waals surface area (Å²) in [7, 11) is 0. The van der Waals surface area contributed by atoms with Gasteiger partial charge < -0.3 is 9.73 Å². The third-order valence-corrected chi connectivity index (χ3v) is 4.32. The molecule has 6 nitrogen and oxygen atoms in total. The minimum atomic E-state index is -1.17. The summed E-state index contributed by atoms with van der Waals surface area (Å²) in [6.07, 6.45) is 0. The number of urea groups is 1. The third-order valence-electron chi connectivity index (χ3n) is 4.32. The smallest absolute Gasteiger partial charge is 0.325 e. The normalized spacial score (nSPS) is 20.2. The average molecular weight is 323 g/mol. The van der Waals surface area contributed by atoms with Crippen LogP contribution >= 0.6 is 0 Å². The molecule has 24 heavy (non-hydrogen) atoms. The molecule has 1 aromatic heterocycles. The van der Waals surface area contributed by atoms with Crippen LogP contribution in [0.5, 0.6) is 0 Å². The number of nitriles is 1. The average Bonchev–Trinajstić information content (AvgIpc) is 3.00. The molecule has 1 N–H and O–H groups in total. The molecule has 0 aliphatic carbocycles. The van der Waals surface area contributed by atoms with Crippen LogP contribution in [0.1, 0.15) is 35.1 Å². The molecule has 3 rings (SSSR count). The summed E-state index contributed by atoms with van der Waals surface area (Å²) < 4.78 is 5.50. The van der Waals surface area contributed by atoms with Crippen LogP contribution in [-0.4, -0.2) is 16.8 Å². The van der Waals surface area contributed by atoms with Crippen LogP contribution in [0.4, 0.5) is 4.79 Å². The molecule has 0 saturated carbocycles. The van der Waals surface area contributed by atoms with Crippen molar-refractivity contribution >= 4 is 11.9 Å². The first-order valence-corrected chi connectivity index (χ1v) is 7.56. The lowest BCUT2D eigenvalue weighted by atomic mass is 9.92. The van der Waals surface area contributed by atoms with Crippen molar-refractivity contribution in [2.24, 2.45) is 0 Å². The van der Waals surface area contributed by atoms with E-state index in [1.165, 1.54) is 0 Å². The van der Waals surface area contributed by atoms with E-state index >= 15 is 0 Å². The number of hydrogen-bond donors (Lipinski definition) is 1. The van der Waals surface area contributed by atoms with Crippen molar-refractivity contribution in [3.63, 3.8) is 0 Å². The van der Waals surface area contributed by atoms with E-state index in [9.17, 15) is 14.9 Å². The number of nitrogens with one attached hydrogen (secondary N) is 1. The maximum atomic E-state index is 12.9. The fourth-order valence-corrected chi connectivity index (χ4v) is 3.09. The van der Waals surface area contributed by atoms with Crippen LogP contribution in [0, 0.1) is 25.2 Å². The van der Waals surface area contributed by atoms with Gasteiger partial charge in [-0.25, -0.2) is 4.79 Å². The number of nitrogens with zero attached hydrogens (tertiary/aromatic N) is 2. The number of imide groups is 1. The number of rotatable bonds is 3. The minimum Gasteiger partial charge on any atom is -0.466 e. The zero-order chi connectivity index (χ0) is 17.5. The molecule has 1 atom stereocenters. The second-order valence-corrected chi connectivity index (χ2v) is 6.04. The Morgan fingerprint density at radius 3 is 2.62 bits per heavy atom. The SMILES string of the molecule is Cc1cc([C@@]2(C)NC(=O)N(Cc3ccccc3C#N)C2=O)c(C)o1. The maximum Gasteiger partial charge on any atom is 0.325 e. The number of hydrogen-bond acceptors (Lipinski definition) is 4. The lowest BCUT2D eigenvalue weighted by Crippen LogP contribution is -2.41. The molecule has 0 bridgehead atoms. The van der Waals surface area contributed by atoms with Crippen LogP contribution in [0.2, 0.25) is 0 Å². The van der Waals surface area contributed by atoms with E-state index in [1.807, 2.05) is 0 Å². The van der Waals surface area contributed by atoms with Crippen molar-refractivity contribution in [3.05, 3.63) is 58.5 Å². The number of carbonyl (C=O) groups excluding carboxylic acids is 2. The molecule has 1 fully saturated rings. The van der Waals surface area contributed by atoms with Gasteiger partial charge in [-0.15, -0.1) is 0 Å². The Hall–Kier alpha value is -3.07. The fraction of sp³-hybridized carbons (Fsp3) is 0.278. The lowest BCUT2D eigenvalue weighted by molar-refractivity contribution is -0.131.